The van der Waals surface area contributed by atoms with Crippen LogP contribution in [-0.2, 0) is 0 Å². The molecule has 5 heteroatoms. The Morgan fingerprint density at radius 2 is 0.871 bits per heavy atom. The van der Waals surface area contributed by atoms with Gasteiger partial charge in [-0.15, -0.1) is 0 Å². The molecule has 3 heterocycles. The van der Waals surface area contributed by atoms with Crippen LogP contribution in [0, 0.1) is 0 Å². The molecule has 292 valence electrons. The highest BCUT2D eigenvalue weighted by Crippen LogP contribution is 2.43. The maximum Gasteiger partial charge on any atom is 0.234 e. The van der Waals surface area contributed by atoms with E-state index in [4.69, 9.17) is 9.98 Å². The minimum absolute atomic E-state index is 0.314. The van der Waals surface area contributed by atoms with Gasteiger partial charge in [-0.1, -0.05) is 188 Å². The third-order valence-electron chi connectivity index (χ3n) is 12.2. The summed E-state index contributed by atoms with van der Waals surface area (Å²) >= 11 is 0. The molecule has 0 fully saturated rings. The lowest BCUT2D eigenvalue weighted by atomic mass is 9.96. The Labute approximate surface area is 359 Å². The Hall–Kier alpha value is -8.28. The fraction of sp³-hybridized carbons (Fsp3) is 0.0175. The van der Waals surface area contributed by atoms with E-state index >= 15 is 0 Å². The molecule has 1 N–H and O–H groups in total. The van der Waals surface area contributed by atoms with Crippen LogP contribution in [0.4, 0.5) is 0 Å². The Morgan fingerprint density at radius 3 is 1.55 bits per heavy atom. The first-order valence-corrected chi connectivity index (χ1v) is 21.1. The molecule has 0 bridgehead atoms. The van der Waals surface area contributed by atoms with Crippen LogP contribution in [-0.4, -0.2) is 20.9 Å². The molecule has 2 aromatic heterocycles. The van der Waals surface area contributed by atoms with Gasteiger partial charge in [-0.25, -0.2) is 4.99 Å². The number of hydrogen-bond donors (Lipinski definition) is 1. The Morgan fingerprint density at radius 1 is 0.371 bits per heavy atom. The van der Waals surface area contributed by atoms with Crippen LogP contribution in [0.1, 0.15) is 17.3 Å². The maximum atomic E-state index is 5.33. The van der Waals surface area contributed by atoms with Crippen LogP contribution >= 0.6 is 0 Å². The van der Waals surface area contributed by atoms with Crippen LogP contribution in [0.3, 0.4) is 0 Å². The third-order valence-corrected chi connectivity index (χ3v) is 12.2. The van der Waals surface area contributed by atoms with Gasteiger partial charge in [0.05, 0.1) is 27.8 Å². The van der Waals surface area contributed by atoms with Gasteiger partial charge < -0.3 is 9.88 Å². The number of nitrogens with one attached hydrogen (secondary N) is 1. The summed E-state index contributed by atoms with van der Waals surface area (Å²) in [5.74, 6) is 1.43. The van der Waals surface area contributed by atoms with E-state index in [0.717, 1.165) is 55.7 Å². The molecule has 1 aliphatic heterocycles. The quantitative estimate of drug-likeness (QED) is 0.179. The van der Waals surface area contributed by atoms with E-state index in [1.54, 1.807) is 0 Å². The first-order chi connectivity index (χ1) is 30.8. The zero-order valence-electron chi connectivity index (χ0n) is 33.7. The monoisotopic (exact) mass is 793 g/mol. The van der Waals surface area contributed by atoms with Gasteiger partial charge in [0.25, 0.3) is 0 Å². The van der Waals surface area contributed by atoms with Crippen LogP contribution < -0.4 is 5.32 Å². The molecule has 62 heavy (non-hydrogen) atoms. The van der Waals surface area contributed by atoms with Gasteiger partial charge in [-0.05, 0) is 69.8 Å². The standard InChI is InChI=1S/C57H39N5/c1-4-17-38(18-5-1)43-23-16-24-44(37-43)39-31-33-40(34-32-39)45-25-10-13-28-48(45)61-49-29-14-11-26-46(49)53-51(61)35-36-52-54(53)47-27-12-15-30-50(47)62(52)57-59-55(41-19-6-2-7-20-41)58-56(60-57)42-21-8-3-9-22-42/h1-37,55H,(H,58,59,60). The molecule has 0 amide bonds. The minimum Gasteiger partial charge on any atom is -0.344 e. The Kier molecular flexibility index (Phi) is 8.49. The van der Waals surface area contributed by atoms with Crippen molar-refractivity contribution in [2.75, 3.05) is 0 Å². The van der Waals surface area contributed by atoms with Crippen molar-refractivity contribution in [2.45, 2.75) is 6.17 Å². The molecular weight excluding hydrogens is 755 g/mol. The molecule has 12 rings (SSSR count). The number of aromatic nitrogens is 2. The first kappa shape index (κ1) is 35.6. The second-order valence-corrected chi connectivity index (χ2v) is 15.8. The van der Waals surface area contributed by atoms with Crippen molar-refractivity contribution < 1.29 is 0 Å². The fourth-order valence-corrected chi connectivity index (χ4v) is 9.34. The lowest BCUT2D eigenvalue weighted by Crippen LogP contribution is -2.35. The van der Waals surface area contributed by atoms with Gasteiger partial charge >= 0.3 is 0 Å². The highest BCUT2D eigenvalue weighted by molar-refractivity contribution is 6.30. The summed E-state index contributed by atoms with van der Waals surface area (Å²) in [5.41, 5.74) is 14.8. The lowest BCUT2D eigenvalue weighted by Gasteiger charge is -2.24. The number of benzene rings is 9. The molecule has 9 aromatic carbocycles. The summed E-state index contributed by atoms with van der Waals surface area (Å²) in [6.07, 6.45) is -0.314. The number of para-hydroxylation sites is 3. The molecule has 0 saturated heterocycles. The van der Waals surface area contributed by atoms with Gasteiger partial charge in [-0.2, -0.15) is 4.99 Å². The van der Waals surface area contributed by atoms with E-state index in [-0.39, 0.29) is 6.17 Å². The fourth-order valence-electron chi connectivity index (χ4n) is 9.34. The van der Waals surface area contributed by atoms with E-state index in [0.29, 0.717) is 5.96 Å². The normalized spacial score (nSPS) is 14.0. The summed E-state index contributed by atoms with van der Waals surface area (Å²) in [4.78, 5) is 10.6. The van der Waals surface area contributed by atoms with Crippen molar-refractivity contribution in [1.82, 2.24) is 14.5 Å². The van der Waals surface area contributed by atoms with Gasteiger partial charge in [0.2, 0.25) is 5.96 Å². The zero-order chi connectivity index (χ0) is 41.0. The van der Waals surface area contributed by atoms with E-state index in [1.807, 2.05) is 12.1 Å². The van der Waals surface area contributed by atoms with Crippen LogP contribution in [0.5, 0.6) is 0 Å². The third kappa shape index (κ3) is 5.94. The predicted molar refractivity (Wildman–Crippen MR) is 258 cm³/mol. The van der Waals surface area contributed by atoms with Crippen LogP contribution in [0.15, 0.2) is 234 Å². The number of nitrogens with zero attached hydrogens (tertiary/aromatic N) is 4. The summed E-state index contributed by atoms with van der Waals surface area (Å²) < 4.78 is 4.70. The molecule has 11 aromatic rings. The summed E-state index contributed by atoms with van der Waals surface area (Å²) in [7, 11) is 0. The van der Waals surface area contributed by atoms with Gasteiger partial charge in [0.1, 0.15) is 12.0 Å². The van der Waals surface area contributed by atoms with E-state index in [1.165, 1.54) is 44.0 Å². The number of aliphatic imine (C=N–C) groups is 2. The second kappa shape index (κ2) is 14.8. The molecule has 0 spiro atoms. The topological polar surface area (TPSA) is 46.6 Å². The highest BCUT2D eigenvalue weighted by atomic mass is 15.3. The molecular formula is C57H39N5. The number of hydrogen-bond acceptors (Lipinski definition) is 3. The largest absolute Gasteiger partial charge is 0.344 e. The molecule has 0 radical (unpaired) electrons. The van der Waals surface area contributed by atoms with Crippen LogP contribution in [0.2, 0.25) is 0 Å². The minimum atomic E-state index is -0.314. The van der Waals surface area contributed by atoms with Crippen molar-refractivity contribution in [3.8, 4) is 39.1 Å². The van der Waals surface area contributed by atoms with Crippen molar-refractivity contribution in [1.29, 1.82) is 0 Å². The first-order valence-electron chi connectivity index (χ1n) is 21.1. The summed E-state index contributed by atoms with van der Waals surface area (Å²) in [6, 6.07) is 79.9. The summed E-state index contributed by atoms with van der Waals surface area (Å²) in [6.45, 7) is 0. The van der Waals surface area contributed by atoms with Crippen molar-refractivity contribution in [3.05, 3.63) is 236 Å². The van der Waals surface area contributed by atoms with Crippen LogP contribution in [0.25, 0.3) is 82.7 Å². The average molecular weight is 794 g/mol. The van der Waals surface area contributed by atoms with Gasteiger partial charge in [-0.3, -0.25) is 4.57 Å². The van der Waals surface area contributed by atoms with Crippen molar-refractivity contribution in [2.24, 2.45) is 9.98 Å². The molecule has 5 nitrogen and oxygen atoms in total. The maximum absolute atomic E-state index is 5.33. The average Bonchev–Trinajstić information content (AvgIpc) is 3.88. The van der Waals surface area contributed by atoms with Gasteiger partial charge in [0, 0.05) is 32.7 Å². The Bertz CT molecular complexity index is 3520. The summed E-state index contributed by atoms with van der Waals surface area (Å²) in [5, 5.41) is 8.38. The Balaban J connectivity index is 1.03. The van der Waals surface area contributed by atoms with E-state index in [9.17, 15) is 0 Å². The van der Waals surface area contributed by atoms with E-state index in [2.05, 4.69) is 227 Å². The smallest absolute Gasteiger partial charge is 0.234 e. The molecule has 1 atom stereocenters. The molecule has 1 unspecified atom stereocenters. The lowest BCUT2D eigenvalue weighted by molar-refractivity contribution is 0.668. The second-order valence-electron chi connectivity index (χ2n) is 15.8. The molecule has 0 saturated carbocycles. The number of amidine groups is 1. The highest BCUT2D eigenvalue weighted by Gasteiger charge is 2.26. The van der Waals surface area contributed by atoms with Gasteiger partial charge in [0.15, 0.2) is 0 Å². The number of fused-ring (bicyclic) bond motifs is 7. The molecule has 0 aliphatic carbocycles. The molecule has 1 aliphatic rings. The van der Waals surface area contributed by atoms with Crippen molar-refractivity contribution in [3.63, 3.8) is 0 Å². The number of rotatable bonds is 6. The SMILES string of the molecule is c1ccc(C2=NC(n3c4ccccc4c4c5c6ccccc6n(-c6ccccc6-c6ccc(-c7cccc(-c8ccccc8)c7)cc6)c5ccc43)=NC(c3ccccc3)N2)cc1. The van der Waals surface area contributed by atoms with Crippen molar-refractivity contribution >= 4 is 55.4 Å². The zero-order valence-corrected chi connectivity index (χ0v) is 33.7. The van der Waals surface area contributed by atoms with E-state index < -0.39 is 0 Å². The predicted octanol–water partition coefficient (Wildman–Crippen LogP) is 13.8.